The number of ether oxygens (including phenoxy) is 1. The van der Waals surface area contributed by atoms with Gasteiger partial charge in [0.1, 0.15) is 6.42 Å². The first-order valence-corrected chi connectivity index (χ1v) is 4.20. The van der Waals surface area contributed by atoms with E-state index < -0.39 is 18.4 Å². The largest absolute Gasteiger partial charge is 0.481 e. The Labute approximate surface area is 87.7 Å². The number of hydrogen-bond acceptors (Lipinski definition) is 4. The summed E-state index contributed by atoms with van der Waals surface area (Å²) >= 11 is 0. The molecule has 1 heterocycles. The van der Waals surface area contributed by atoms with Gasteiger partial charge in [0.05, 0.1) is 7.11 Å². The first-order chi connectivity index (χ1) is 7.16. The summed E-state index contributed by atoms with van der Waals surface area (Å²) in [6.07, 6.45) is 11.0. The highest BCUT2D eigenvalue weighted by molar-refractivity contribution is 5.89. The summed E-state index contributed by atoms with van der Waals surface area (Å²) in [5.41, 5.74) is 0. The lowest BCUT2D eigenvalue weighted by molar-refractivity contribution is -0.149. The number of nitrogens with one attached hydrogen (secondary N) is 1. The quantitative estimate of drug-likeness (QED) is 0.522. The van der Waals surface area contributed by atoms with Gasteiger partial charge in [0, 0.05) is 12.4 Å². The van der Waals surface area contributed by atoms with Gasteiger partial charge in [-0.25, -0.2) is 0 Å². The van der Waals surface area contributed by atoms with E-state index >= 15 is 0 Å². The molecule has 5 heteroatoms. The first kappa shape index (κ1) is 13.0. The SMILES string of the molecule is C1=CC=CNC=C1.COC(=O)CC(=O)O. The second-order valence-corrected chi connectivity index (χ2v) is 2.42. The molecule has 1 aliphatic heterocycles. The maximum atomic E-state index is 10.0. The molecule has 0 amide bonds. The average Bonchev–Trinajstić information content (AvgIpc) is 2.48. The Morgan fingerprint density at radius 1 is 1.20 bits per heavy atom. The van der Waals surface area contributed by atoms with Gasteiger partial charge in [-0.05, 0) is 12.2 Å². The van der Waals surface area contributed by atoms with Crippen LogP contribution in [0.15, 0.2) is 36.7 Å². The Kier molecular flexibility index (Phi) is 7.39. The third-order valence-electron chi connectivity index (χ3n) is 1.24. The highest BCUT2D eigenvalue weighted by Gasteiger charge is 2.04. The molecule has 0 aromatic heterocycles. The van der Waals surface area contributed by atoms with E-state index in [4.69, 9.17) is 5.11 Å². The van der Waals surface area contributed by atoms with Crippen molar-refractivity contribution in [2.75, 3.05) is 7.11 Å². The van der Waals surface area contributed by atoms with Crippen LogP contribution in [0.1, 0.15) is 6.42 Å². The van der Waals surface area contributed by atoms with Crippen molar-refractivity contribution < 1.29 is 19.4 Å². The molecule has 82 valence electrons. The fourth-order valence-corrected chi connectivity index (χ4v) is 0.602. The van der Waals surface area contributed by atoms with Gasteiger partial charge in [-0.15, -0.1) is 0 Å². The molecule has 0 bridgehead atoms. The van der Waals surface area contributed by atoms with Gasteiger partial charge in [-0.2, -0.15) is 0 Å². The Morgan fingerprint density at radius 2 is 1.73 bits per heavy atom. The number of aliphatic carboxylic acids is 1. The van der Waals surface area contributed by atoms with Crippen LogP contribution in [0.4, 0.5) is 0 Å². The van der Waals surface area contributed by atoms with Crippen LogP contribution in [0.25, 0.3) is 0 Å². The normalized spacial score (nSPS) is 11.8. The molecular weight excluding hydrogens is 198 g/mol. The topological polar surface area (TPSA) is 75.6 Å². The van der Waals surface area contributed by atoms with Crippen LogP contribution in [-0.2, 0) is 14.3 Å². The summed E-state index contributed by atoms with van der Waals surface area (Å²) in [6, 6.07) is 0. The lowest BCUT2D eigenvalue weighted by Gasteiger charge is -1.90. The predicted molar refractivity (Wildman–Crippen MR) is 54.8 cm³/mol. The van der Waals surface area contributed by atoms with E-state index in [1.807, 2.05) is 36.7 Å². The van der Waals surface area contributed by atoms with Crippen LogP contribution in [-0.4, -0.2) is 24.2 Å². The lowest BCUT2D eigenvalue weighted by atomic mass is 10.4. The molecule has 0 unspecified atom stereocenters. The zero-order chi connectivity index (χ0) is 11.5. The predicted octanol–water partition coefficient (Wildman–Crippen LogP) is 0.807. The van der Waals surface area contributed by atoms with Crippen molar-refractivity contribution in [2.24, 2.45) is 0 Å². The molecule has 1 rings (SSSR count). The number of methoxy groups -OCH3 is 1. The third-order valence-corrected chi connectivity index (χ3v) is 1.24. The molecule has 0 radical (unpaired) electrons. The van der Waals surface area contributed by atoms with Crippen LogP contribution < -0.4 is 5.32 Å². The minimum Gasteiger partial charge on any atom is -0.481 e. The molecule has 0 fully saturated rings. The van der Waals surface area contributed by atoms with Gasteiger partial charge < -0.3 is 15.2 Å². The number of carbonyl (C=O) groups excluding carboxylic acids is 1. The molecule has 0 spiro atoms. The molecule has 0 saturated carbocycles. The van der Waals surface area contributed by atoms with Gasteiger partial charge in [-0.1, -0.05) is 12.2 Å². The van der Waals surface area contributed by atoms with Crippen LogP contribution >= 0.6 is 0 Å². The summed E-state index contributed by atoms with van der Waals surface area (Å²) in [4.78, 5) is 19.7. The number of carboxylic acids is 1. The minimum atomic E-state index is -1.17. The van der Waals surface area contributed by atoms with Gasteiger partial charge in [0.25, 0.3) is 0 Å². The average molecular weight is 211 g/mol. The van der Waals surface area contributed by atoms with E-state index in [1.165, 1.54) is 0 Å². The zero-order valence-corrected chi connectivity index (χ0v) is 8.34. The van der Waals surface area contributed by atoms with Crippen molar-refractivity contribution in [1.29, 1.82) is 0 Å². The minimum absolute atomic E-state index is 0.559. The van der Waals surface area contributed by atoms with Crippen molar-refractivity contribution in [2.45, 2.75) is 6.42 Å². The molecule has 1 aliphatic rings. The molecule has 0 atom stereocenters. The molecule has 0 aromatic rings. The van der Waals surface area contributed by atoms with Crippen molar-refractivity contribution in [3.8, 4) is 0 Å². The van der Waals surface area contributed by atoms with Crippen LogP contribution in [0.2, 0.25) is 0 Å². The maximum Gasteiger partial charge on any atom is 0.316 e. The second-order valence-electron chi connectivity index (χ2n) is 2.42. The highest BCUT2D eigenvalue weighted by Crippen LogP contribution is 1.81. The highest BCUT2D eigenvalue weighted by atomic mass is 16.5. The van der Waals surface area contributed by atoms with Gasteiger partial charge in [-0.3, -0.25) is 9.59 Å². The molecule has 2 N–H and O–H groups in total. The van der Waals surface area contributed by atoms with Crippen LogP contribution in [0.5, 0.6) is 0 Å². The first-order valence-electron chi connectivity index (χ1n) is 4.20. The van der Waals surface area contributed by atoms with Gasteiger partial charge in [0.2, 0.25) is 0 Å². The summed E-state index contributed by atoms with van der Waals surface area (Å²) in [7, 11) is 1.14. The Morgan fingerprint density at radius 3 is 2.07 bits per heavy atom. The molecule has 0 aliphatic carbocycles. The molecule has 0 saturated heterocycles. The van der Waals surface area contributed by atoms with Crippen molar-refractivity contribution in [1.82, 2.24) is 5.32 Å². The van der Waals surface area contributed by atoms with Crippen molar-refractivity contribution >= 4 is 11.9 Å². The van der Waals surface area contributed by atoms with Gasteiger partial charge in [0.15, 0.2) is 0 Å². The number of carbonyl (C=O) groups is 2. The van der Waals surface area contributed by atoms with E-state index in [1.54, 1.807) is 0 Å². The number of allylic oxidation sites excluding steroid dienone is 4. The Bertz CT molecular complexity index is 278. The van der Waals surface area contributed by atoms with Crippen LogP contribution in [0, 0.1) is 0 Å². The standard InChI is InChI=1S/C6H7N.C4H6O4/c1-2-4-6-7-5-3-1;1-8-4(7)2-3(5)6/h1-7H;2H2,1H3,(H,5,6). The lowest BCUT2D eigenvalue weighted by Crippen LogP contribution is -2.07. The zero-order valence-electron chi connectivity index (χ0n) is 8.34. The Hall–Kier alpha value is -2.04. The molecule has 15 heavy (non-hydrogen) atoms. The van der Waals surface area contributed by atoms with Gasteiger partial charge >= 0.3 is 11.9 Å². The van der Waals surface area contributed by atoms with E-state index in [-0.39, 0.29) is 0 Å². The molecule has 0 aromatic carbocycles. The fraction of sp³-hybridized carbons (Fsp3) is 0.200. The number of rotatable bonds is 2. The molecular formula is C10H13NO4. The second kappa shape index (κ2) is 8.55. The number of esters is 1. The third kappa shape index (κ3) is 9.88. The van der Waals surface area contributed by atoms with E-state index in [9.17, 15) is 9.59 Å². The number of carboxylic acid groups (broad SMARTS) is 1. The fourth-order valence-electron chi connectivity index (χ4n) is 0.602. The van der Waals surface area contributed by atoms with Crippen LogP contribution in [0.3, 0.4) is 0 Å². The summed E-state index contributed by atoms with van der Waals surface area (Å²) in [5, 5.41) is 10.8. The summed E-state index contributed by atoms with van der Waals surface area (Å²) < 4.78 is 4.04. The maximum absolute atomic E-state index is 10.0. The summed E-state index contributed by atoms with van der Waals surface area (Å²) in [5.74, 6) is -1.89. The monoisotopic (exact) mass is 211 g/mol. The Balaban J connectivity index is 0.000000262. The van der Waals surface area contributed by atoms with E-state index in [2.05, 4.69) is 10.1 Å². The van der Waals surface area contributed by atoms with E-state index in [0.717, 1.165) is 7.11 Å². The van der Waals surface area contributed by atoms with Crippen molar-refractivity contribution in [3.05, 3.63) is 36.7 Å². The number of hydrogen-bond donors (Lipinski definition) is 2. The molecule has 5 nitrogen and oxygen atoms in total. The summed E-state index contributed by atoms with van der Waals surface area (Å²) in [6.45, 7) is 0. The smallest absolute Gasteiger partial charge is 0.316 e. The van der Waals surface area contributed by atoms with E-state index in [0.29, 0.717) is 0 Å². The van der Waals surface area contributed by atoms with Crippen molar-refractivity contribution in [3.63, 3.8) is 0 Å².